The topological polar surface area (TPSA) is 92.5 Å². The zero-order valence-corrected chi connectivity index (χ0v) is 10.8. The van der Waals surface area contributed by atoms with Crippen molar-refractivity contribution in [2.75, 3.05) is 6.61 Å². The highest BCUT2D eigenvalue weighted by Gasteiger charge is 2.17. The van der Waals surface area contributed by atoms with Crippen LogP contribution < -0.4 is 5.32 Å². The number of hydrogen-bond acceptors (Lipinski definition) is 4. The lowest BCUT2D eigenvalue weighted by Crippen LogP contribution is -2.45. The smallest absolute Gasteiger partial charge is 0.270 e. The number of nitro benzene ring substituents is 1. The lowest BCUT2D eigenvalue weighted by molar-refractivity contribution is -0.384. The number of hydrogen-bond donors (Lipinski definition) is 2. The van der Waals surface area contributed by atoms with Gasteiger partial charge in [0.15, 0.2) is 0 Å². The molecule has 19 heavy (non-hydrogen) atoms. The summed E-state index contributed by atoms with van der Waals surface area (Å²) in [7, 11) is 0. The number of nitrogens with one attached hydrogen (secondary N) is 1. The molecule has 0 aliphatic carbocycles. The van der Waals surface area contributed by atoms with E-state index in [0.29, 0.717) is 5.56 Å². The van der Waals surface area contributed by atoms with Gasteiger partial charge in [-0.25, -0.2) is 0 Å². The van der Waals surface area contributed by atoms with Crippen LogP contribution in [-0.2, 0) is 4.79 Å². The molecule has 2 N–H and O–H groups in total. The van der Waals surface area contributed by atoms with Crippen LogP contribution in [0.25, 0.3) is 6.08 Å². The van der Waals surface area contributed by atoms with Gasteiger partial charge in [0.25, 0.3) is 5.69 Å². The number of nitro groups is 1. The van der Waals surface area contributed by atoms with Crippen LogP contribution in [0.3, 0.4) is 0 Å². The van der Waals surface area contributed by atoms with Gasteiger partial charge in [0.1, 0.15) is 0 Å². The minimum absolute atomic E-state index is 0.0294. The Balaban J connectivity index is 2.74. The predicted molar refractivity (Wildman–Crippen MR) is 71.4 cm³/mol. The fourth-order valence-corrected chi connectivity index (χ4v) is 1.33. The van der Waals surface area contributed by atoms with Gasteiger partial charge in [-0.2, -0.15) is 0 Å². The van der Waals surface area contributed by atoms with Gasteiger partial charge in [-0.1, -0.05) is 12.1 Å². The molecule has 1 amide bonds. The first-order valence-electron chi connectivity index (χ1n) is 5.69. The van der Waals surface area contributed by atoms with Crippen molar-refractivity contribution >= 4 is 17.7 Å². The quantitative estimate of drug-likeness (QED) is 0.479. The molecule has 1 aromatic rings. The normalized spacial score (nSPS) is 11.5. The highest BCUT2D eigenvalue weighted by atomic mass is 16.6. The minimum atomic E-state index is -0.704. The number of rotatable bonds is 5. The second-order valence-corrected chi connectivity index (χ2v) is 4.72. The molecule has 0 radical (unpaired) electrons. The Kier molecular flexibility index (Phi) is 4.77. The molecule has 0 aliphatic rings. The van der Waals surface area contributed by atoms with E-state index in [0.717, 1.165) is 0 Å². The van der Waals surface area contributed by atoms with Gasteiger partial charge in [-0.15, -0.1) is 0 Å². The van der Waals surface area contributed by atoms with Gasteiger partial charge >= 0.3 is 0 Å². The molecule has 0 saturated heterocycles. The molecular formula is C13H16N2O4. The molecule has 0 bridgehead atoms. The first kappa shape index (κ1) is 14.8. The maximum Gasteiger partial charge on any atom is 0.270 e. The average Bonchev–Trinajstić information content (AvgIpc) is 2.36. The monoisotopic (exact) mass is 264 g/mol. The Bertz CT molecular complexity index is 509. The highest BCUT2D eigenvalue weighted by molar-refractivity contribution is 5.92. The van der Waals surface area contributed by atoms with Crippen LogP contribution in [0.1, 0.15) is 19.4 Å². The maximum absolute atomic E-state index is 11.6. The molecule has 0 unspecified atom stereocenters. The second-order valence-electron chi connectivity index (χ2n) is 4.72. The van der Waals surface area contributed by atoms with Crippen molar-refractivity contribution in [1.82, 2.24) is 5.32 Å². The molecule has 0 spiro atoms. The van der Waals surface area contributed by atoms with E-state index in [-0.39, 0.29) is 18.2 Å². The summed E-state index contributed by atoms with van der Waals surface area (Å²) >= 11 is 0. The van der Waals surface area contributed by atoms with Crippen LogP contribution in [0, 0.1) is 10.1 Å². The van der Waals surface area contributed by atoms with Crippen LogP contribution in [0.5, 0.6) is 0 Å². The van der Waals surface area contributed by atoms with E-state index in [1.165, 1.54) is 24.3 Å². The van der Waals surface area contributed by atoms with Crippen molar-refractivity contribution in [3.05, 3.63) is 46.0 Å². The van der Waals surface area contributed by atoms with E-state index in [2.05, 4.69) is 5.32 Å². The lowest BCUT2D eigenvalue weighted by atomic mass is 10.1. The molecule has 0 atom stereocenters. The number of amides is 1. The van der Waals surface area contributed by atoms with E-state index in [1.54, 1.807) is 26.0 Å². The Morgan fingerprint density at radius 1 is 1.53 bits per heavy atom. The van der Waals surface area contributed by atoms with E-state index >= 15 is 0 Å². The molecule has 0 aromatic heterocycles. The molecule has 102 valence electrons. The van der Waals surface area contributed by atoms with Crippen molar-refractivity contribution in [2.45, 2.75) is 19.4 Å². The molecule has 0 heterocycles. The zero-order chi connectivity index (χ0) is 14.5. The molecular weight excluding hydrogens is 248 g/mol. The summed E-state index contributed by atoms with van der Waals surface area (Å²) in [6.07, 6.45) is 2.76. The van der Waals surface area contributed by atoms with Gasteiger partial charge in [0.2, 0.25) is 5.91 Å². The first-order chi connectivity index (χ1) is 8.84. The van der Waals surface area contributed by atoms with Crippen LogP contribution in [-0.4, -0.2) is 28.1 Å². The van der Waals surface area contributed by atoms with E-state index < -0.39 is 10.5 Å². The fraction of sp³-hybridized carbons (Fsp3) is 0.308. The third-order valence-corrected chi connectivity index (χ3v) is 2.37. The van der Waals surface area contributed by atoms with Gasteiger partial charge in [0.05, 0.1) is 17.1 Å². The van der Waals surface area contributed by atoms with Crippen LogP contribution in [0.2, 0.25) is 0 Å². The molecule has 6 heteroatoms. The Hall–Kier alpha value is -2.21. The van der Waals surface area contributed by atoms with Crippen molar-refractivity contribution in [3.63, 3.8) is 0 Å². The Morgan fingerprint density at radius 2 is 2.21 bits per heavy atom. The summed E-state index contributed by atoms with van der Waals surface area (Å²) in [5.41, 5.74) is -0.172. The third kappa shape index (κ3) is 4.89. The van der Waals surface area contributed by atoms with E-state index in [1.807, 2.05) is 0 Å². The van der Waals surface area contributed by atoms with Gasteiger partial charge in [-0.3, -0.25) is 14.9 Å². The molecule has 1 aromatic carbocycles. The number of benzene rings is 1. The second kappa shape index (κ2) is 6.10. The molecule has 0 aliphatic heterocycles. The SMILES string of the molecule is CC(C)(CO)NC(=O)/C=C/c1cccc([N+](=O)[O-])c1. The van der Waals surface area contributed by atoms with Crippen molar-refractivity contribution in [3.8, 4) is 0 Å². The minimum Gasteiger partial charge on any atom is -0.394 e. The number of non-ortho nitro benzene ring substituents is 1. The van der Waals surface area contributed by atoms with Crippen LogP contribution in [0.4, 0.5) is 5.69 Å². The summed E-state index contributed by atoms with van der Waals surface area (Å²) < 4.78 is 0. The van der Waals surface area contributed by atoms with Crippen molar-refractivity contribution in [1.29, 1.82) is 0 Å². The third-order valence-electron chi connectivity index (χ3n) is 2.37. The average molecular weight is 264 g/mol. The maximum atomic E-state index is 11.6. The lowest BCUT2D eigenvalue weighted by Gasteiger charge is -2.22. The van der Waals surface area contributed by atoms with Crippen molar-refractivity contribution in [2.24, 2.45) is 0 Å². The fourth-order valence-electron chi connectivity index (χ4n) is 1.33. The first-order valence-corrected chi connectivity index (χ1v) is 5.69. The number of aliphatic hydroxyl groups is 1. The Morgan fingerprint density at radius 3 is 2.79 bits per heavy atom. The predicted octanol–water partition coefficient (Wildman–Crippen LogP) is 1.50. The van der Waals surface area contributed by atoms with Crippen LogP contribution >= 0.6 is 0 Å². The summed E-state index contributed by atoms with van der Waals surface area (Å²) in [4.78, 5) is 21.7. The van der Waals surface area contributed by atoms with E-state index in [9.17, 15) is 14.9 Å². The summed E-state index contributed by atoms with van der Waals surface area (Å²) in [6.45, 7) is 3.20. The summed E-state index contributed by atoms with van der Waals surface area (Å²) in [5.74, 6) is -0.370. The number of carbonyl (C=O) groups excluding carboxylic acids is 1. The Labute approximate surface area is 110 Å². The van der Waals surface area contributed by atoms with E-state index in [4.69, 9.17) is 5.11 Å². The summed E-state index contributed by atoms with van der Waals surface area (Å²) in [5, 5.41) is 22.2. The zero-order valence-electron chi connectivity index (χ0n) is 10.8. The molecule has 0 fully saturated rings. The largest absolute Gasteiger partial charge is 0.394 e. The number of carbonyl (C=O) groups is 1. The molecule has 1 rings (SSSR count). The van der Waals surface area contributed by atoms with Crippen LogP contribution in [0.15, 0.2) is 30.3 Å². The summed E-state index contributed by atoms with van der Waals surface area (Å²) in [6, 6.07) is 5.97. The number of aliphatic hydroxyl groups excluding tert-OH is 1. The molecule has 6 nitrogen and oxygen atoms in total. The highest BCUT2D eigenvalue weighted by Crippen LogP contribution is 2.14. The van der Waals surface area contributed by atoms with Gasteiger partial charge < -0.3 is 10.4 Å². The van der Waals surface area contributed by atoms with Crippen molar-refractivity contribution < 1.29 is 14.8 Å². The standard InChI is InChI=1S/C13H16N2O4/c1-13(2,9-16)14-12(17)7-6-10-4-3-5-11(8-10)15(18)19/h3-8,16H,9H2,1-2H3,(H,14,17)/b7-6+. The molecule has 0 saturated carbocycles. The van der Waals surface area contributed by atoms with Gasteiger partial charge in [-0.05, 0) is 25.5 Å². The van der Waals surface area contributed by atoms with Gasteiger partial charge in [0, 0.05) is 18.2 Å². The number of nitrogens with zero attached hydrogens (tertiary/aromatic N) is 1.